The molecule has 3 aromatic carbocycles. The van der Waals surface area contributed by atoms with Crippen molar-refractivity contribution in [2.75, 3.05) is 13.7 Å². The van der Waals surface area contributed by atoms with E-state index in [1.165, 1.54) is 18.0 Å². The van der Waals surface area contributed by atoms with Crippen LogP contribution in [-0.4, -0.2) is 29.0 Å². The SMILES string of the molecule is CN(Cc1ccc(OCC(=O)O)c(-c2cccc(C(F)(F)F)c2)c1)Sc1ccccc1. The van der Waals surface area contributed by atoms with E-state index in [4.69, 9.17) is 9.84 Å². The number of halogens is 3. The maximum absolute atomic E-state index is 13.2. The van der Waals surface area contributed by atoms with Crippen molar-refractivity contribution in [1.29, 1.82) is 0 Å². The van der Waals surface area contributed by atoms with Gasteiger partial charge in [-0.05, 0) is 66.5 Å². The van der Waals surface area contributed by atoms with Gasteiger partial charge in [0.05, 0.1) is 5.56 Å². The van der Waals surface area contributed by atoms with Gasteiger partial charge in [-0.1, -0.05) is 36.4 Å². The number of aliphatic carboxylic acids is 1. The first-order chi connectivity index (χ1) is 14.7. The molecule has 162 valence electrons. The Kier molecular flexibility index (Phi) is 7.25. The summed E-state index contributed by atoms with van der Waals surface area (Å²) < 4.78 is 46.9. The maximum Gasteiger partial charge on any atom is 0.416 e. The average Bonchev–Trinajstić information content (AvgIpc) is 2.73. The van der Waals surface area contributed by atoms with Crippen molar-refractivity contribution in [1.82, 2.24) is 4.31 Å². The quantitative estimate of drug-likeness (QED) is 0.431. The van der Waals surface area contributed by atoms with Gasteiger partial charge in [0.15, 0.2) is 6.61 Å². The summed E-state index contributed by atoms with van der Waals surface area (Å²) >= 11 is 1.54. The second kappa shape index (κ2) is 9.89. The number of alkyl halides is 3. The second-order valence-corrected chi connectivity index (χ2v) is 8.06. The van der Waals surface area contributed by atoms with Gasteiger partial charge >= 0.3 is 12.1 Å². The molecule has 3 rings (SSSR count). The van der Waals surface area contributed by atoms with Crippen LogP contribution in [0, 0.1) is 0 Å². The molecule has 0 saturated carbocycles. The molecule has 1 N–H and O–H groups in total. The molecule has 0 aliphatic carbocycles. The lowest BCUT2D eigenvalue weighted by molar-refractivity contribution is -0.139. The van der Waals surface area contributed by atoms with Crippen molar-refractivity contribution in [3.05, 3.63) is 83.9 Å². The molecule has 0 aliphatic rings. The van der Waals surface area contributed by atoms with Crippen molar-refractivity contribution in [2.24, 2.45) is 0 Å². The number of carbonyl (C=O) groups is 1. The lowest BCUT2D eigenvalue weighted by Gasteiger charge is -2.18. The number of nitrogens with zero attached hydrogens (tertiary/aromatic N) is 1. The van der Waals surface area contributed by atoms with Gasteiger partial charge in [0.1, 0.15) is 5.75 Å². The molecule has 0 bridgehead atoms. The van der Waals surface area contributed by atoms with Crippen molar-refractivity contribution in [2.45, 2.75) is 17.6 Å². The first-order valence-corrected chi connectivity index (χ1v) is 10.1. The molecular weight excluding hydrogens is 427 g/mol. The summed E-state index contributed by atoms with van der Waals surface area (Å²) in [6, 6.07) is 19.8. The zero-order chi connectivity index (χ0) is 22.4. The van der Waals surface area contributed by atoms with Gasteiger partial charge in [-0.25, -0.2) is 9.10 Å². The van der Waals surface area contributed by atoms with E-state index in [-0.39, 0.29) is 5.75 Å². The Morgan fingerprint density at radius 1 is 1.03 bits per heavy atom. The van der Waals surface area contributed by atoms with Gasteiger partial charge in [0, 0.05) is 17.0 Å². The molecule has 8 heteroatoms. The topological polar surface area (TPSA) is 49.8 Å². The van der Waals surface area contributed by atoms with E-state index in [1.54, 1.807) is 24.3 Å². The maximum atomic E-state index is 13.2. The lowest BCUT2D eigenvalue weighted by atomic mass is 9.99. The Morgan fingerprint density at radius 3 is 2.45 bits per heavy atom. The highest BCUT2D eigenvalue weighted by atomic mass is 32.2. The van der Waals surface area contributed by atoms with Gasteiger partial charge in [0.25, 0.3) is 0 Å². The minimum absolute atomic E-state index is 0.212. The molecule has 0 heterocycles. The average molecular weight is 447 g/mol. The zero-order valence-electron chi connectivity index (χ0n) is 16.6. The highest BCUT2D eigenvalue weighted by molar-refractivity contribution is 7.97. The number of hydrogen-bond acceptors (Lipinski definition) is 4. The van der Waals surface area contributed by atoms with E-state index in [2.05, 4.69) is 0 Å². The smallest absolute Gasteiger partial charge is 0.416 e. The van der Waals surface area contributed by atoms with Crippen LogP contribution >= 0.6 is 11.9 Å². The van der Waals surface area contributed by atoms with Crippen LogP contribution in [0.25, 0.3) is 11.1 Å². The number of rotatable bonds is 8. The Bertz CT molecular complexity index is 1040. The molecule has 0 spiro atoms. The zero-order valence-corrected chi connectivity index (χ0v) is 17.4. The van der Waals surface area contributed by atoms with Crippen LogP contribution in [0.15, 0.2) is 77.7 Å². The third-order valence-electron chi connectivity index (χ3n) is 4.31. The fourth-order valence-electron chi connectivity index (χ4n) is 2.98. The Morgan fingerprint density at radius 2 is 1.77 bits per heavy atom. The summed E-state index contributed by atoms with van der Waals surface area (Å²) in [5.74, 6) is -0.957. The van der Waals surface area contributed by atoms with Crippen LogP contribution in [0.3, 0.4) is 0 Å². The standard InChI is InChI=1S/C23H20F3NO3S/c1-27(31-19-8-3-2-4-9-19)14-16-10-11-21(30-15-22(28)29)20(12-16)17-6-5-7-18(13-17)23(24,25)26/h2-13H,14-15H2,1H3,(H,28,29). The molecule has 0 unspecified atom stereocenters. The molecule has 0 radical (unpaired) electrons. The van der Waals surface area contributed by atoms with Gasteiger partial charge < -0.3 is 9.84 Å². The van der Waals surface area contributed by atoms with E-state index in [0.29, 0.717) is 17.7 Å². The van der Waals surface area contributed by atoms with Crippen LogP contribution in [0.4, 0.5) is 13.2 Å². The molecule has 0 fully saturated rings. The van der Waals surface area contributed by atoms with Crippen LogP contribution in [-0.2, 0) is 17.5 Å². The summed E-state index contributed by atoms with van der Waals surface area (Å²) in [5, 5.41) is 8.92. The van der Waals surface area contributed by atoms with Crippen molar-refractivity contribution < 1.29 is 27.8 Å². The highest BCUT2D eigenvalue weighted by Gasteiger charge is 2.30. The van der Waals surface area contributed by atoms with Crippen molar-refractivity contribution >= 4 is 17.9 Å². The first-order valence-electron chi connectivity index (χ1n) is 9.31. The third-order valence-corrected chi connectivity index (χ3v) is 5.23. The minimum Gasteiger partial charge on any atom is -0.481 e. The molecule has 0 atom stereocenters. The Hall–Kier alpha value is -2.97. The van der Waals surface area contributed by atoms with Gasteiger partial charge in [-0.2, -0.15) is 13.2 Å². The number of carboxylic acid groups (broad SMARTS) is 1. The van der Waals surface area contributed by atoms with E-state index < -0.39 is 24.3 Å². The van der Waals surface area contributed by atoms with Gasteiger partial charge in [-0.3, -0.25) is 0 Å². The Labute approximate surface area is 182 Å². The van der Waals surface area contributed by atoms with E-state index >= 15 is 0 Å². The number of hydrogen-bond donors (Lipinski definition) is 1. The largest absolute Gasteiger partial charge is 0.481 e. The molecule has 0 amide bonds. The monoisotopic (exact) mass is 447 g/mol. The second-order valence-electron chi connectivity index (χ2n) is 6.78. The molecule has 3 aromatic rings. The van der Waals surface area contributed by atoms with E-state index in [9.17, 15) is 18.0 Å². The molecule has 0 aliphatic heterocycles. The van der Waals surface area contributed by atoms with Crippen LogP contribution in [0.2, 0.25) is 0 Å². The van der Waals surface area contributed by atoms with Crippen molar-refractivity contribution in [3.63, 3.8) is 0 Å². The molecule has 0 saturated heterocycles. The summed E-state index contributed by atoms with van der Waals surface area (Å²) in [6.07, 6.45) is -4.48. The summed E-state index contributed by atoms with van der Waals surface area (Å²) in [5.41, 5.74) is 0.774. The van der Waals surface area contributed by atoms with Crippen LogP contribution in [0.1, 0.15) is 11.1 Å². The van der Waals surface area contributed by atoms with Gasteiger partial charge in [0.2, 0.25) is 0 Å². The fourth-order valence-corrected chi connectivity index (χ4v) is 3.83. The summed E-state index contributed by atoms with van der Waals surface area (Å²) in [7, 11) is 1.91. The van der Waals surface area contributed by atoms with Gasteiger partial charge in [-0.15, -0.1) is 0 Å². The number of carboxylic acids is 1. The third kappa shape index (κ3) is 6.50. The summed E-state index contributed by atoms with van der Waals surface area (Å²) in [4.78, 5) is 12.0. The number of benzene rings is 3. The lowest BCUT2D eigenvalue weighted by Crippen LogP contribution is -2.11. The van der Waals surface area contributed by atoms with E-state index in [0.717, 1.165) is 22.6 Å². The molecular formula is C23H20F3NO3S. The first kappa shape index (κ1) is 22.7. The molecule has 4 nitrogen and oxygen atoms in total. The summed E-state index contributed by atoms with van der Waals surface area (Å²) in [6.45, 7) is -0.0696. The minimum atomic E-state index is -4.48. The predicted octanol–water partition coefficient (Wildman–Crippen LogP) is 5.97. The fraction of sp³-hybridized carbons (Fsp3) is 0.174. The number of ether oxygens (including phenoxy) is 1. The van der Waals surface area contributed by atoms with E-state index in [1.807, 2.05) is 41.7 Å². The van der Waals surface area contributed by atoms with Crippen LogP contribution in [0.5, 0.6) is 5.75 Å². The Balaban J connectivity index is 1.90. The molecule has 0 aromatic heterocycles. The van der Waals surface area contributed by atoms with Crippen molar-refractivity contribution in [3.8, 4) is 16.9 Å². The molecule has 31 heavy (non-hydrogen) atoms. The normalized spacial score (nSPS) is 11.5. The highest BCUT2D eigenvalue weighted by Crippen LogP contribution is 2.36. The van der Waals surface area contributed by atoms with Crippen LogP contribution < -0.4 is 4.74 Å². The predicted molar refractivity (Wildman–Crippen MR) is 114 cm³/mol.